The third-order valence-electron chi connectivity index (χ3n) is 7.67. The average molecular weight is 671 g/mol. The summed E-state index contributed by atoms with van der Waals surface area (Å²) in [5.41, 5.74) is 7.40. The van der Waals surface area contributed by atoms with Crippen molar-refractivity contribution < 1.29 is 33.3 Å². The number of nitrogens with two attached hydrogens (primary N) is 1. The van der Waals surface area contributed by atoms with E-state index in [-0.39, 0.29) is 16.9 Å². The number of nitrogens with zero attached hydrogens (tertiary/aromatic N) is 3. The fourth-order valence-electron chi connectivity index (χ4n) is 5.28. The number of hydrogen-bond donors (Lipinski definition) is 1. The number of benzene rings is 2. The molecule has 0 spiro atoms. The summed E-state index contributed by atoms with van der Waals surface area (Å²) in [5, 5.41) is 1.12. The van der Waals surface area contributed by atoms with Crippen molar-refractivity contribution >= 4 is 46.0 Å². The van der Waals surface area contributed by atoms with E-state index in [9.17, 15) is 9.59 Å². The van der Waals surface area contributed by atoms with Crippen LogP contribution in [0.3, 0.4) is 0 Å². The molecule has 1 atom stereocenters. The fourth-order valence-corrected chi connectivity index (χ4v) is 6.54. The van der Waals surface area contributed by atoms with Crippen LogP contribution in [-0.4, -0.2) is 66.0 Å². The van der Waals surface area contributed by atoms with Gasteiger partial charge in [0.1, 0.15) is 39.4 Å². The summed E-state index contributed by atoms with van der Waals surface area (Å²) in [6.07, 6.45) is 2.45. The third kappa shape index (κ3) is 7.28. The van der Waals surface area contributed by atoms with Gasteiger partial charge >= 0.3 is 6.09 Å². The Kier molecular flexibility index (Phi) is 9.88. The highest BCUT2D eigenvalue weighted by Crippen LogP contribution is 2.40. The standard InChI is InChI=1S/C33H39ClN4O7S/c1-19(21-8-7-9-24(29(21)34)43-17-20-10-12-37(13-11-20)32(40)45-33(2,3)4)44-27-16-28(46-30(27)31(35)39)38-18-36-22-14-25(41-5)26(42-6)15-23(22)38/h7-9,14-16,18-20H,10-13,17H2,1-6H3,(H2,35,39). The number of ether oxygens (including phenoxy) is 5. The van der Waals surface area contributed by atoms with E-state index < -0.39 is 17.6 Å². The van der Waals surface area contributed by atoms with Crippen molar-refractivity contribution in [1.29, 1.82) is 0 Å². The second-order valence-electron chi connectivity index (χ2n) is 12.1. The van der Waals surface area contributed by atoms with Crippen molar-refractivity contribution in [2.45, 2.75) is 52.2 Å². The van der Waals surface area contributed by atoms with Gasteiger partial charge in [0.2, 0.25) is 0 Å². The second-order valence-corrected chi connectivity index (χ2v) is 13.5. The number of piperidine rings is 1. The van der Waals surface area contributed by atoms with E-state index in [4.69, 9.17) is 41.0 Å². The number of thiophene rings is 1. The van der Waals surface area contributed by atoms with Gasteiger partial charge in [-0.25, -0.2) is 9.78 Å². The van der Waals surface area contributed by atoms with Gasteiger partial charge in [-0.1, -0.05) is 23.7 Å². The Morgan fingerprint density at radius 1 is 1.07 bits per heavy atom. The van der Waals surface area contributed by atoms with E-state index in [2.05, 4.69) is 4.98 Å². The molecule has 0 radical (unpaired) electrons. The number of rotatable bonds is 10. The van der Waals surface area contributed by atoms with Crippen LogP contribution in [0.4, 0.5) is 4.79 Å². The Labute approximate surface area is 277 Å². The molecule has 2 N–H and O–H groups in total. The van der Waals surface area contributed by atoms with Crippen LogP contribution >= 0.6 is 22.9 Å². The number of likely N-dealkylation sites (tertiary alicyclic amines) is 1. The summed E-state index contributed by atoms with van der Waals surface area (Å²) in [7, 11) is 3.13. The maximum Gasteiger partial charge on any atom is 0.410 e. The zero-order valence-electron chi connectivity index (χ0n) is 26.8. The minimum atomic E-state index is -0.608. The van der Waals surface area contributed by atoms with Crippen LogP contribution in [-0.2, 0) is 4.74 Å². The van der Waals surface area contributed by atoms with Crippen molar-refractivity contribution in [3.8, 4) is 28.0 Å². The SMILES string of the molecule is COc1cc2ncn(-c3cc(OC(C)c4cccc(OCC5CCN(C(=O)OC(C)(C)C)CC5)c4Cl)c(C(N)=O)s3)c2cc1OC. The van der Waals surface area contributed by atoms with Crippen LogP contribution < -0.4 is 24.7 Å². The lowest BCUT2D eigenvalue weighted by molar-refractivity contribution is 0.0165. The minimum absolute atomic E-state index is 0.269. The van der Waals surface area contributed by atoms with Crippen molar-refractivity contribution in [2.75, 3.05) is 33.9 Å². The number of hydrogen-bond acceptors (Lipinski definition) is 9. The van der Waals surface area contributed by atoms with E-state index in [0.29, 0.717) is 63.8 Å². The summed E-state index contributed by atoms with van der Waals surface area (Å²) in [4.78, 5) is 31.4. The quantitative estimate of drug-likeness (QED) is 0.191. The summed E-state index contributed by atoms with van der Waals surface area (Å²) in [5.74, 6) is 1.66. The highest BCUT2D eigenvalue weighted by atomic mass is 35.5. The first-order valence-electron chi connectivity index (χ1n) is 15.0. The van der Waals surface area contributed by atoms with E-state index in [1.54, 1.807) is 37.6 Å². The lowest BCUT2D eigenvalue weighted by atomic mass is 9.98. The molecule has 3 heterocycles. The zero-order valence-corrected chi connectivity index (χ0v) is 28.4. The van der Waals surface area contributed by atoms with Gasteiger partial charge < -0.3 is 34.3 Å². The number of aromatic nitrogens is 2. The number of imidazole rings is 1. The molecule has 4 aromatic rings. The number of fused-ring (bicyclic) bond motifs is 1. The Morgan fingerprint density at radius 2 is 1.76 bits per heavy atom. The molecule has 0 saturated carbocycles. The molecule has 1 fully saturated rings. The predicted molar refractivity (Wildman–Crippen MR) is 177 cm³/mol. The fraction of sp³-hybridized carbons (Fsp3) is 0.424. The number of carbonyl (C=O) groups excluding carboxylic acids is 2. The Bertz CT molecular complexity index is 1720. The van der Waals surface area contributed by atoms with Crippen LogP contribution in [0, 0.1) is 5.92 Å². The average Bonchev–Trinajstić information content (AvgIpc) is 3.62. The van der Waals surface area contributed by atoms with Gasteiger partial charge in [0.05, 0.1) is 36.9 Å². The predicted octanol–water partition coefficient (Wildman–Crippen LogP) is 7.02. The van der Waals surface area contributed by atoms with Gasteiger partial charge in [-0.3, -0.25) is 9.36 Å². The van der Waals surface area contributed by atoms with Gasteiger partial charge in [-0.2, -0.15) is 0 Å². The highest BCUT2D eigenvalue weighted by molar-refractivity contribution is 7.16. The van der Waals surface area contributed by atoms with Crippen LogP contribution in [0.15, 0.2) is 42.7 Å². The smallest absolute Gasteiger partial charge is 0.410 e. The van der Waals surface area contributed by atoms with Gasteiger partial charge in [-0.05, 0) is 52.5 Å². The Hall–Kier alpha value is -4.16. The van der Waals surface area contributed by atoms with Crippen LogP contribution in [0.25, 0.3) is 16.0 Å². The van der Waals surface area contributed by atoms with E-state index in [1.807, 2.05) is 56.5 Å². The molecule has 1 unspecified atom stereocenters. The van der Waals surface area contributed by atoms with Gasteiger partial charge in [0.15, 0.2) is 11.5 Å². The molecule has 13 heteroatoms. The van der Waals surface area contributed by atoms with Crippen molar-refractivity contribution in [3.63, 3.8) is 0 Å². The lowest BCUT2D eigenvalue weighted by Crippen LogP contribution is -2.42. The molecule has 0 bridgehead atoms. The summed E-state index contributed by atoms with van der Waals surface area (Å²) < 4.78 is 30.7. The van der Waals surface area contributed by atoms with Crippen molar-refractivity contribution in [2.24, 2.45) is 11.7 Å². The molecule has 11 nitrogen and oxygen atoms in total. The normalized spacial score (nSPS) is 14.6. The topological polar surface area (TPSA) is 127 Å². The highest BCUT2D eigenvalue weighted by Gasteiger charge is 2.28. The summed E-state index contributed by atoms with van der Waals surface area (Å²) in [6.45, 7) is 9.14. The summed E-state index contributed by atoms with van der Waals surface area (Å²) in [6, 6.07) is 10.9. The van der Waals surface area contributed by atoms with E-state index in [0.717, 1.165) is 18.4 Å². The zero-order chi connectivity index (χ0) is 33.2. The number of methoxy groups -OCH3 is 2. The molecule has 1 aliphatic heterocycles. The molecular formula is C33H39ClN4O7S. The molecule has 2 amide bonds. The maximum atomic E-state index is 12.5. The monoisotopic (exact) mass is 670 g/mol. The number of primary amides is 1. The van der Waals surface area contributed by atoms with Crippen LogP contribution in [0.2, 0.25) is 5.02 Å². The number of amides is 2. The molecule has 0 aliphatic carbocycles. The molecular weight excluding hydrogens is 632 g/mol. The van der Waals surface area contributed by atoms with E-state index in [1.165, 1.54) is 11.3 Å². The molecule has 246 valence electrons. The molecule has 2 aromatic carbocycles. The van der Waals surface area contributed by atoms with Crippen molar-refractivity contribution in [3.05, 3.63) is 58.2 Å². The van der Waals surface area contributed by atoms with Gasteiger partial charge in [0, 0.05) is 36.9 Å². The number of carbonyl (C=O) groups is 2. The maximum absolute atomic E-state index is 12.5. The first-order valence-corrected chi connectivity index (χ1v) is 16.2. The van der Waals surface area contributed by atoms with Crippen LogP contribution in [0.1, 0.15) is 61.9 Å². The molecule has 5 rings (SSSR count). The molecule has 2 aromatic heterocycles. The Balaban J connectivity index is 1.28. The van der Waals surface area contributed by atoms with Gasteiger partial charge in [0.25, 0.3) is 5.91 Å². The summed E-state index contributed by atoms with van der Waals surface area (Å²) >= 11 is 8.02. The van der Waals surface area contributed by atoms with Gasteiger partial charge in [-0.15, -0.1) is 11.3 Å². The third-order valence-corrected chi connectivity index (χ3v) is 9.21. The Morgan fingerprint density at radius 3 is 2.41 bits per heavy atom. The molecule has 1 aliphatic rings. The lowest BCUT2D eigenvalue weighted by Gasteiger charge is -2.33. The number of halogens is 1. The largest absolute Gasteiger partial charge is 0.493 e. The van der Waals surface area contributed by atoms with Crippen LogP contribution in [0.5, 0.6) is 23.0 Å². The second kappa shape index (κ2) is 13.7. The first kappa shape index (κ1) is 33.2. The van der Waals surface area contributed by atoms with Crippen molar-refractivity contribution in [1.82, 2.24) is 14.5 Å². The molecule has 1 saturated heterocycles. The van der Waals surface area contributed by atoms with E-state index >= 15 is 0 Å². The minimum Gasteiger partial charge on any atom is -0.493 e. The first-order chi connectivity index (χ1) is 21.9. The molecule has 46 heavy (non-hydrogen) atoms.